The molecular weight excluding hydrogens is 482 g/mol. The molecule has 10 nitrogen and oxygen atoms in total. The van der Waals surface area contributed by atoms with Crippen molar-refractivity contribution < 1.29 is 14.3 Å². The average Bonchev–Trinajstić information content (AvgIpc) is 3.46. The Morgan fingerprint density at radius 1 is 1.13 bits per heavy atom. The second kappa shape index (κ2) is 11.0. The summed E-state index contributed by atoms with van der Waals surface area (Å²) in [6, 6.07) is 5.74. The number of ether oxygens (including phenoxy) is 1. The molecule has 1 aromatic carbocycles. The maximum atomic E-state index is 13.1. The van der Waals surface area contributed by atoms with Crippen LogP contribution in [0.5, 0.6) is 5.75 Å². The number of nitrogens with one attached hydrogen (secondary N) is 2. The number of amides is 2. The molecule has 5 rings (SSSR count). The van der Waals surface area contributed by atoms with Gasteiger partial charge in [-0.25, -0.2) is 4.98 Å². The molecule has 1 saturated heterocycles. The molecule has 2 amide bonds. The van der Waals surface area contributed by atoms with Crippen molar-refractivity contribution in [3.05, 3.63) is 41.7 Å². The van der Waals surface area contributed by atoms with Gasteiger partial charge < -0.3 is 30.1 Å². The summed E-state index contributed by atoms with van der Waals surface area (Å²) in [5, 5.41) is 6.41. The molecule has 2 aromatic rings. The van der Waals surface area contributed by atoms with E-state index in [-0.39, 0.29) is 23.9 Å². The molecule has 0 unspecified atom stereocenters. The highest BCUT2D eigenvalue weighted by molar-refractivity contribution is 6.12. The third-order valence-electron chi connectivity index (χ3n) is 7.85. The summed E-state index contributed by atoms with van der Waals surface area (Å²) < 4.78 is 5.62. The first kappa shape index (κ1) is 26.0. The van der Waals surface area contributed by atoms with E-state index in [9.17, 15) is 9.59 Å². The van der Waals surface area contributed by atoms with E-state index in [0.717, 1.165) is 57.4 Å². The third kappa shape index (κ3) is 5.05. The smallest absolute Gasteiger partial charge is 0.274 e. The standard InChI is InChI=1S/C28H37N7O3/c1-5-22-27(37)34(3)23-17-29-28(32-25(23)35(22)20-8-6-7-9-20)31-21-11-10-18(16-24(21)38-4)26(36)30-19-12-14-33(2)15-13-19/h5,10-11,16-17,19-20H,6-9,12-15H2,1-4H3,(H,30,36)(H,29,31,32). The first-order valence-corrected chi connectivity index (χ1v) is 13.4. The van der Waals surface area contributed by atoms with Gasteiger partial charge in [-0.2, -0.15) is 4.98 Å². The second-order valence-corrected chi connectivity index (χ2v) is 10.3. The first-order chi connectivity index (χ1) is 18.4. The van der Waals surface area contributed by atoms with Crippen LogP contribution in [-0.4, -0.2) is 73.1 Å². The van der Waals surface area contributed by atoms with Crippen LogP contribution in [0.15, 0.2) is 36.2 Å². The van der Waals surface area contributed by atoms with Crippen LogP contribution >= 0.6 is 0 Å². The van der Waals surface area contributed by atoms with Crippen LogP contribution in [-0.2, 0) is 4.79 Å². The predicted molar refractivity (Wildman–Crippen MR) is 148 cm³/mol. The van der Waals surface area contributed by atoms with E-state index in [1.54, 1.807) is 37.4 Å². The number of carbonyl (C=O) groups excluding carboxylic acids is 2. The summed E-state index contributed by atoms with van der Waals surface area (Å²) in [5.74, 6) is 1.49. The lowest BCUT2D eigenvalue weighted by atomic mass is 10.0. The third-order valence-corrected chi connectivity index (χ3v) is 7.85. The lowest BCUT2D eigenvalue weighted by molar-refractivity contribution is -0.115. The van der Waals surface area contributed by atoms with Crippen LogP contribution in [0.1, 0.15) is 55.8 Å². The Morgan fingerprint density at radius 3 is 2.55 bits per heavy atom. The minimum Gasteiger partial charge on any atom is -0.495 e. The van der Waals surface area contributed by atoms with E-state index in [2.05, 4.69) is 32.5 Å². The Morgan fingerprint density at radius 2 is 1.87 bits per heavy atom. The first-order valence-electron chi connectivity index (χ1n) is 13.4. The fourth-order valence-corrected chi connectivity index (χ4v) is 5.61. The van der Waals surface area contributed by atoms with Gasteiger partial charge in [0.25, 0.3) is 11.8 Å². The number of likely N-dealkylation sites (tertiary alicyclic amines) is 1. The number of aromatic nitrogens is 2. The van der Waals surface area contributed by atoms with Crippen molar-refractivity contribution in [2.45, 2.75) is 57.5 Å². The second-order valence-electron chi connectivity index (χ2n) is 10.3. The number of carbonyl (C=O) groups is 2. The number of likely N-dealkylation sites (N-methyl/N-ethyl adjacent to an activating group) is 1. The van der Waals surface area contributed by atoms with Crippen LogP contribution < -0.4 is 25.2 Å². The summed E-state index contributed by atoms with van der Waals surface area (Å²) in [6.45, 7) is 3.86. The molecule has 1 aliphatic carbocycles. The van der Waals surface area contributed by atoms with E-state index in [0.29, 0.717) is 34.3 Å². The van der Waals surface area contributed by atoms with Crippen LogP contribution in [0.3, 0.4) is 0 Å². The van der Waals surface area contributed by atoms with Crippen molar-refractivity contribution in [2.24, 2.45) is 0 Å². The summed E-state index contributed by atoms with van der Waals surface area (Å²) in [6.07, 6.45) is 9.78. The lowest BCUT2D eigenvalue weighted by Crippen LogP contribution is -2.46. The number of hydrogen-bond donors (Lipinski definition) is 2. The highest BCUT2D eigenvalue weighted by Crippen LogP contribution is 2.41. The fraction of sp³-hybridized carbons (Fsp3) is 0.500. The number of anilines is 4. The molecule has 3 heterocycles. The number of hydrogen-bond acceptors (Lipinski definition) is 8. The van der Waals surface area contributed by atoms with E-state index in [4.69, 9.17) is 9.72 Å². The van der Waals surface area contributed by atoms with Crippen LogP contribution in [0.2, 0.25) is 0 Å². The molecule has 1 saturated carbocycles. The molecule has 0 radical (unpaired) electrons. The van der Waals surface area contributed by atoms with E-state index in [1.165, 1.54) is 0 Å². The Labute approximate surface area is 224 Å². The van der Waals surface area contributed by atoms with Gasteiger partial charge in [-0.15, -0.1) is 0 Å². The number of fused-ring (bicyclic) bond motifs is 1. The maximum absolute atomic E-state index is 13.1. The predicted octanol–water partition coefficient (Wildman–Crippen LogP) is 3.68. The molecule has 1 aromatic heterocycles. The topological polar surface area (TPSA) is 103 Å². The van der Waals surface area contributed by atoms with Crippen molar-refractivity contribution in [3.8, 4) is 5.75 Å². The number of piperidine rings is 1. The van der Waals surface area contributed by atoms with Crippen molar-refractivity contribution >= 4 is 35.0 Å². The molecule has 202 valence electrons. The van der Waals surface area contributed by atoms with E-state index < -0.39 is 0 Å². The molecule has 0 bridgehead atoms. The number of benzene rings is 1. The number of nitrogens with zero attached hydrogens (tertiary/aromatic N) is 5. The lowest BCUT2D eigenvalue weighted by Gasteiger charge is -2.39. The molecular formula is C28H37N7O3. The van der Waals surface area contributed by atoms with Gasteiger partial charge in [-0.05, 0) is 70.9 Å². The summed E-state index contributed by atoms with van der Waals surface area (Å²) >= 11 is 0. The molecule has 0 spiro atoms. The highest BCUT2D eigenvalue weighted by atomic mass is 16.5. The number of allylic oxidation sites excluding steroid dienone is 1. The summed E-state index contributed by atoms with van der Waals surface area (Å²) in [5.41, 5.74) is 2.53. The zero-order chi connectivity index (χ0) is 26.8. The Balaban J connectivity index is 1.38. The van der Waals surface area contributed by atoms with Crippen molar-refractivity contribution in [1.82, 2.24) is 20.2 Å². The van der Waals surface area contributed by atoms with Gasteiger partial charge in [0.05, 0.1) is 19.0 Å². The summed E-state index contributed by atoms with van der Waals surface area (Å²) in [4.78, 5) is 41.3. The van der Waals surface area contributed by atoms with Gasteiger partial charge in [0.2, 0.25) is 5.95 Å². The van der Waals surface area contributed by atoms with Gasteiger partial charge in [0.1, 0.15) is 17.1 Å². The molecule has 2 aliphatic heterocycles. The summed E-state index contributed by atoms with van der Waals surface area (Å²) in [7, 11) is 5.43. The van der Waals surface area contributed by atoms with Crippen molar-refractivity contribution in [2.75, 3.05) is 49.4 Å². The van der Waals surface area contributed by atoms with E-state index in [1.807, 2.05) is 19.1 Å². The molecule has 2 N–H and O–H groups in total. The van der Waals surface area contributed by atoms with Crippen LogP contribution in [0.4, 0.5) is 23.1 Å². The minimum absolute atomic E-state index is 0.0491. The van der Waals surface area contributed by atoms with Crippen molar-refractivity contribution in [1.29, 1.82) is 0 Å². The average molecular weight is 520 g/mol. The highest BCUT2D eigenvalue weighted by Gasteiger charge is 2.38. The Hall–Kier alpha value is -3.66. The maximum Gasteiger partial charge on any atom is 0.274 e. The quantitative estimate of drug-likeness (QED) is 0.557. The van der Waals surface area contributed by atoms with Crippen LogP contribution in [0.25, 0.3) is 0 Å². The molecule has 38 heavy (non-hydrogen) atoms. The van der Waals surface area contributed by atoms with Gasteiger partial charge in [0, 0.05) is 24.7 Å². The largest absolute Gasteiger partial charge is 0.495 e. The zero-order valence-electron chi connectivity index (χ0n) is 22.7. The van der Waals surface area contributed by atoms with Gasteiger partial charge in [-0.3, -0.25) is 9.59 Å². The Bertz CT molecular complexity index is 1230. The van der Waals surface area contributed by atoms with Gasteiger partial charge >= 0.3 is 0 Å². The molecule has 10 heteroatoms. The molecule has 2 fully saturated rings. The molecule has 3 aliphatic rings. The normalized spacial score (nSPS) is 20.1. The SMILES string of the molecule is CC=C1C(=O)N(C)c2cnc(Nc3ccc(C(=O)NC4CCN(C)CC4)cc3OC)nc2N1C1CCCC1. The van der Waals surface area contributed by atoms with Crippen LogP contribution in [0, 0.1) is 0 Å². The van der Waals surface area contributed by atoms with E-state index >= 15 is 0 Å². The monoisotopic (exact) mass is 519 g/mol. The minimum atomic E-state index is -0.103. The van der Waals surface area contributed by atoms with Gasteiger partial charge in [-0.1, -0.05) is 18.9 Å². The zero-order valence-corrected chi connectivity index (χ0v) is 22.7. The van der Waals surface area contributed by atoms with Crippen molar-refractivity contribution in [3.63, 3.8) is 0 Å². The molecule has 0 atom stereocenters. The number of rotatable bonds is 6. The fourth-order valence-electron chi connectivity index (χ4n) is 5.61. The van der Waals surface area contributed by atoms with Gasteiger partial charge in [0.15, 0.2) is 5.82 Å². The number of methoxy groups -OCH3 is 1. The Kier molecular flexibility index (Phi) is 7.51.